The summed E-state index contributed by atoms with van der Waals surface area (Å²) in [6, 6.07) is 4.89. The third-order valence-corrected chi connectivity index (χ3v) is 3.99. The molecule has 1 aromatic carbocycles. The maximum absolute atomic E-state index is 12.0. The molecule has 0 spiro atoms. The van der Waals surface area contributed by atoms with Crippen LogP contribution in [0.3, 0.4) is 0 Å². The first kappa shape index (κ1) is 16.7. The fourth-order valence-electron chi connectivity index (χ4n) is 1.36. The minimum absolute atomic E-state index is 0.175. The number of nitrogen functional groups attached to an aromatic ring is 1. The molecule has 0 aliphatic rings. The normalized spacial score (nSPS) is 11.8. The van der Waals surface area contributed by atoms with Gasteiger partial charge in [-0.3, -0.25) is 9.59 Å². The summed E-state index contributed by atoms with van der Waals surface area (Å²) in [5.74, 6) is 0.0646. The Labute approximate surface area is 127 Å². The second-order valence-electron chi connectivity index (χ2n) is 4.07. The van der Waals surface area contributed by atoms with Crippen molar-refractivity contribution in [3.8, 4) is 0 Å². The van der Waals surface area contributed by atoms with Crippen LogP contribution in [0.4, 0.5) is 11.4 Å². The minimum Gasteiger partial charge on any atom is -0.469 e. The van der Waals surface area contributed by atoms with E-state index >= 15 is 0 Å². The van der Waals surface area contributed by atoms with Crippen molar-refractivity contribution in [1.82, 2.24) is 0 Å². The number of hydrogen-bond acceptors (Lipinski definition) is 5. The first-order chi connectivity index (χ1) is 9.43. The molecule has 7 heteroatoms. The van der Waals surface area contributed by atoms with Crippen LogP contribution in [0.1, 0.15) is 13.3 Å². The van der Waals surface area contributed by atoms with Crippen molar-refractivity contribution in [2.75, 3.05) is 23.9 Å². The van der Waals surface area contributed by atoms with Crippen LogP contribution in [0, 0.1) is 0 Å². The number of ether oxygens (including phenoxy) is 1. The van der Waals surface area contributed by atoms with Gasteiger partial charge in [-0.1, -0.05) is 11.6 Å². The molecule has 0 bridgehead atoms. The molecule has 1 atom stereocenters. The lowest BCUT2D eigenvalue weighted by Crippen LogP contribution is -2.23. The molecule has 0 heterocycles. The van der Waals surface area contributed by atoms with Gasteiger partial charge in [0.05, 0.1) is 29.5 Å². The number of nitrogens with two attached hydrogens (primary N) is 1. The SMILES string of the molecule is COC(=O)CCSC(C)C(=O)Nc1ccc(N)cc1Cl. The number of hydrogen-bond donors (Lipinski definition) is 2. The molecule has 0 aromatic heterocycles. The van der Waals surface area contributed by atoms with E-state index in [-0.39, 0.29) is 23.5 Å². The van der Waals surface area contributed by atoms with Crippen molar-refractivity contribution >= 4 is 46.6 Å². The number of rotatable bonds is 6. The fourth-order valence-corrected chi connectivity index (χ4v) is 2.45. The molecule has 0 aliphatic carbocycles. The molecule has 110 valence electrons. The van der Waals surface area contributed by atoms with E-state index in [0.717, 1.165) is 0 Å². The molecular weight excluding hydrogens is 300 g/mol. The van der Waals surface area contributed by atoms with E-state index in [1.807, 2.05) is 0 Å². The van der Waals surface area contributed by atoms with Crippen LogP contribution in [0.25, 0.3) is 0 Å². The lowest BCUT2D eigenvalue weighted by molar-refractivity contribution is -0.140. The van der Waals surface area contributed by atoms with Crippen molar-refractivity contribution in [1.29, 1.82) is 0 Å². The first-order valence-electron chi connectivity index (χ1n) is 5.98. The quantitative estimate of drug-likeness (QED) is 0.622. The Bertz CT molecular complexity index is 497. The van der Waals surface area contributed by atoms with Crippen molar-refractivity contribution in [2.24, 2.45) is 0 Å². The molecular formula is C13H17ClN2O3S. The van der Waals surface area contributed by atoms with Gasteiger partial charge in [-0.2, -0.15) is 0 Å². The van der Waals surface area contributed by atoms with Crippen LogP contribution in [-0.2, 0) is 14.3 Å². The Morgan fingerprint density at radius 1 is 1.50 bits per heavy atom. The van der Waals surface area contributed by atoms with E-state index in [9.17, 15) is 9.59 Å². The van der Waals surface area contributed by atoms with Crippen LogP contribution < -0.4 is 11.1 Å². The molecule has 0 saturated heterocycles. The smallest absolute Gasteiger partial charge is 0.306 e. The largest absolute Gasteiger partial charge is 0.469 e. The molecule has 5 nitrogen and oxygen atoms in total. The number of thioether (sulfide) groups is 1. The molecule has 3 N–H and O–H groups in total. The summed E-state index contributed by atoms with van der Waals surface area (Å²) in [5.41, 5.74) is 6.64. The zero-order chi connectivity index (χ0) is 15.1. The van der Waals surface area contributed by atoms with Crippen LogP contribution >= 0.6 is 23.4 Å². The van der Waals surface area contributed by atoms with Gasteiger partial charge in [-0.15, -0.1) is 11.8 Å². The monoisotopic (exact) mass is 316 g/mol. The maximum atomic E-state index is 12.0. The summed E-state index contributed by atoms with van der Waals surface area (Å²) >= 11 is 7.36. The third-order valence-electron chi connectivity index (χ3n) is 2.52. The first-order valence-corrected chi connectivity index (χ1v) is 7.41. The van der Waals surface area contributed by atoms with E-state index < -0.39 is 0 Å². The van der Waals surface area contributed by atoms with Gasteiger partial charge in [0.1, 0.15) is 0 Å². The van der Waals surface area contributed by atoms with Gasteiger partial charge in [-0.25, -0.2) is 0 Å². The van der Waals surface area contributed by atoms with Crippen LogP contribution in [-0.4, -0.2) is 30.0 Å². The molecule has 1 unspecified atom stereocenters. The lowest BCUT2D eigenvalue weighted by atomic mass is 10.2. The molecule has 20 heavy (non-hydrogen) atoms. The highest BCUT2D eigenvalue weighted by Gasteiger charge is 2.15. The number of esters is 1. The summed E-state index contributed by atoms with van der Waals surface area (Å²) in [5, 5.41) is 2.82. The predicted molar refractivity (Wildman–Crippen MR) is 83.0 cm³/mol. The summed E-state index contributed by atoms with van der Waals surface area (Å²) in [6.07, 6.45) is 0.279. The summed E-state index contributed by atoms with van der Waals surface area (Å²) < 4.78 is 4.53. The molecule has 1 amide bonds. The highest BCUT2D eigenvalue weighted by Crippen LogP contribution is 2.25. The van der Waals surface area contributed by atoms with E-state index in [1.165, 1.54) is 18.9 Å². The van der Waals surface area contributed by atoms with Crippen molar-refractivity contribution in [3.05, 3.63) is 23.2 Å². The van der Waals surface area contributed by atoms with Crippen LogP contribution in [0.5, 0.6) is 0 Å². The van der Waals surface area contributed by atoms with Gasteiger partial charge in [0.25, 0.3) is 0 Å². The third kappa shape index (κ3) is 5.30. The molecule has 0 saturated carbocycles. The van der Waals surface area contributed by atoms with Gasteiger partial charge in [0, 0.05) is 11.4 Å². The maximum Gasteiger partial charge on any atom is 0.306 e. The van der Waals surface area contributed by atoms with Gasteiger partial charge >= 0.3 is 5.97 Å². The number of carbonyl (C=O) groups is 2. The second kappa shape index (κ2) is 8.01. The highest BCUT2D eigenvalue weighted by molar-refractivity contribution is 8.00. The Balaban J connectivity index is 2.47. The molecule has 0 radical (unpaired) electrons. The van der Waals surface area contributed by atoms with E-state index in [1.54, 1.807) is 25.1 Å². The highest BCUT2D eigenvalue weighted by atomic mass is 35.5. The number of benzene rings is 1. The molecule has 0 aliphatic heterocycles. The van der Waals surface area contributed by atoms with Gasteiger partial charge < -0.3 is 15.8 Å². The summed E-state index contributed by atoms with van der Waals surface area (Å²) in [6.45, 7) is 1.77. The fraction of sp³-hybridized carbons (Fsp3) is 0.385. The van der Waals surface area contributed by atoms with E-state index in [0.29, 0.717) is 22.2 Å². The zero-order valence-electron chi connectivity index (χ0n) is 11.3. The Morgan fingerprint density at radius 3 is 2.80 bits per heavy atom. The van der Waals surface area contributed by atoms with Gasteiger partial charge in [0.2, 0.25) is 5.91 Å². The average molecular weight is 317 g/mol. The van der Waals surface area contributed by atoms with Crippen LogP contribution in [0.15, 0.2) is 18.2 Å². The topological polar surface area (TPSA) is 81.4 Å². The standard InChI is InChI=1S/C13H17ClN2O3S/c1-8(20-6-5-12(17)19-2)13(18)16-11-4-3-9(15)7-10(11)14/h3-4,7-8H,5-6,15H2,1-2H3,(H,16,18). The van der Waals surface area contributed by atoms with E-state index in [2.05, 4.69) is 10.1 Å². The Kier molecular flexibility index (Phi) is 6.67. The van der Waals surface area contributed by atoms with E-state index in [4.69, 9.17) is 17.3 Å². The number of anilines is 2. The minimum atomic E-state index is -0.298. The summed E-state index contributed by atoms with van der Waals surface area (Å²) in [7, 11) is 1.34. The van der Waals surface area contributed by atoms with Crippen LogP contribution in [0.2, 0.25) is 5.02 Å². The van der Waals surface area contributed by atoms with Gasteiger partial charge in [0.15, 0.2) is 0 Å². The predicted octanol–water partition coefficient (Wildman–Crippen LogP) is 2.55. The molecule has 0 fully saturated rings. The Morgan fingerprint density at radius 2 is 2.20 bits per heavy atom. The number of nitrogens with one attached hydrogen (secondary N) is 1. The lowest BCUT2D eigenvalue weighted by Gasteiger charge is -2.13. The molecule has 1 aromatic rings. The average Bonchev–Trinajstić information content (AvgIpc) is 2.41. The number of amides is 1. The number of halogens is 1. The molecule has 1 rings (SSSR count). The Hall–Kier alpha value is -1.40. The number of carbonyl (C=O) groups excluding carboxylic acids is 2. The zero-order valence-corrected chi connectivity index (χ0v) is 12.9. The van der Waals surface area contributed by atoms with Crippen molar-refractivity contribution < 1.29 is 14.3 Å². The second-order valence-corrected chi connectivity index (χ2v) is 5.92. The van der Waals surface area contributed by atoms with Crippen molar-refractivity contribution in [3.63, 3.8) is 0 Å². The van der Waals surface area contributed by atoms with Crippen molar-refractivity contribution in [2.45, 2.75) is 18.6 Å². The van der Waals surface area contributed by atoms with Gasteiger partial charge in [-0.05, 0) is 25.1 Å². The number of methoxy groups -OCH3 is 1. The summed E-state index contributed by atoms with van der Waals surface area (Å²) in [4.78, 5) is 22.9.